The van der Waals surface area contributed by atoms with Crippen LogP contribution in [0.3, 0.4) is 0 Å². The average molecular weight is 519 g/mol. The Kier molecular flexibility index (Phi) is 8.81. The van der Waals surface area contributed by atoms with E-state index in [1.807, 2.05) is 17.9 Å². The molecule has 0 aliphatic carbocycles. The summed E-state index contributed by atoms with van der Waals surface area (Å²) in [5.41, 5.74) is 0.806. The summed E-state index contributed by atoms with van der Waals surface area (Å²) in [6.07, 6.45) is 6.67. The molecule has 3 heterocycles. The molecule has 1 N–H and O–H groups in total. The van der Waals surface area contributed by atoms with E-state index >= 15 is 0 Å². The van der Waals surface area contributed by atoms with E-state index in [0.717, 1.165) is 62.7 Å². The van der Waals surface area contributed by atoms with E-state index in [1.54, 1.807) is 23.1 Å². The van der Waals surface area contributed by atoms with Crippen LogP contribution in [0, 0.1) is 6.92 Å². The molecule has 0 bridgehead atoms. The molecule has 1 aromatic heterocycles. The van der Waals surface area contributed by atoms with Gasteiger partial charge in [0.05, 0.1) is 10.0 Å². The summed E-state index contributed by atoms with van der Waals surface area (Å²) in [4.78, 5) is 35.9. The number of hydrogen-bond acceptors (Lipinski definition) is 5. The minimum atomic E-state index is -0.102. The zero-order valence-electron chi connectivity index (χ0n) is 20.1. The van der Waals surface area contributed by atoms with Gasteiger partial charge in [-0.05, 0) is 69.6 Å². The molecule has 2 aromatic rings. The SMILES string of the molecule is Cc1nc(C2CCN(CCCN3CCN(C(=O)/C=C/c4ccc(Cl)c(Cl)c4)CCC3=O)CC2)n[nH]1. The third-order valence-electron chi connectivity index (χ3n) is 6.73. The Morgan fingerprint density at radius 1 is 1.11 bits per heavy atom. The molecule has 0 spiro atoms. The lowest BCUT2D eigenvalue weighted by atomic mass is 9.96. The number of nitrogens with one attached hydrogen (secondary N) is 1. The first-order chi connectivity index (χ1) is 16.9. The number of aromatic amines is 1. The van der Waals surface area contributed by atoms with Crippen molar-refractivity contribution >= 4 is 41.1 Å². The Hall–Kier alpha value is -2.42. The topological polar surface area (TPSA) is 85.4 Å². The second-order valence-corrected chi connectivity index (χ2v) is 10.0. The van der Waals surface area contributed by atoms with E-state index in [2.05, 4.69) is 20.1 Å². The lowest BCUT2D eigenvalue weighted by Crippen LogP contribution is -2.38. The van der Waals surface area contributed by atoms with Crippen LogP contribution in [0.4, 0.5) is 0 Å². The third kappa shape index (κ3) is 7.06. The largest absolute Gasteiger partial charge is 0.341 e. The van der Waals surface area contributed by atoms with Crippen molar-refractivity contribution in [3.05, 3.63) is 51.5 Å². The number of halogens is 2. The minimum absolute atomic E-state index is 0.102. The maximum Gasteiger partial charge on any atom is 0.246 e. The molecule has 10 heteroatoms. The smallest absolute Gasteiger partial charge is 0.246 e. The number of amides is 2. The number of carbonyl (C=O) groups is 2. The summed E-state index contributed by atoms with van der Waals surface area (Å²) < 4.78 is 0. The molecule has 1 aromatic carbocycles. The van der Waals surface area contributed by atoms with Gasteiger partial charge in [0, 0.05) is 44.6 Å². The van der Waals surface area contributed by atoms with Crippen LogP contribution in [-0.2, 0) is 9.59 Å². The number of carbonyl (C=O) groups excluding carboxylic acids is 2. The molecule has 2 saturated heterocycles. The van der Waals surface area contributed by atoms with Gasteiger partial charge in [-0.1, -0.05) is 29.3 Å². The van der Waals surface area contributed by atoms with E-state index in [0.29, 0.717) is 42.0 Å². The highest BCUT2D eigenvalue weighted by Crippen LogP contribution is 2.25. The van der Waals surface area contributed by atoms with Crippen molar-refractivity contribution < 1.29 is 9.59 Å². The lowest BCUT2D eigenvalue weighted by Gasteiger charge is -2.31. The van der Waals surface area contributed by atoms with E-state index in [4.69, 9.17) is 23.2 Å². The number of nitrogens with zero attached hydrogens (tertiary/aromatic N) is 5. The van der Waals surface area contributed by atoms with Gasteiger partial charge in [-0.2, -0.15) is 5.10 Å². The second kappa shape index (κ2) is 12.0. The first-order valence-electron chi connectivity index (χ1n) is 12.2. The normalized spacial score (nSPS) is 18.4. The van der Waals surface area contributed by atoms with E-state index in [9.17, 15) is 9.59 Å². The summed E-state index contributed by atoms with van der Waals surface area (Å²) in [5, 5.41) is 8.18. The van der Waals surface area contributed by atoms with Crippen LogP contribution < -0.4 is 0 Å². The van der Waals surface area contributed by atoms with Crippen molar-refractivity contribution in [3.63, 3.8) is 0 Å². The highest BCUT2D eigenvalue weighted by atomic mass is 35.5. The van der Waals surface area contributed by atoms with Crippen LogP contribution in [-0.4, -0.2) is 87.5 Å². The first-order valence-corrected chi connectivity index (χ1v) is 13.0. The van der Waals surface area contributed by atoms with Crippen LogP contribution >= 0.6 is 23.2 Å². The van der Waals surface area contributed by atoms with Crippen LogP contribution in [0.1, 0.15) is 48.8 Å². The van der Waals surface area contributed by atoms with E-state index in [-0.39, 0.29) is 11.8 Å². The van der Waals surface area contributed by atoms with Gasteiger partial charge in [-0.3, -0.25) is 14.7 Å². The quantitative estimate of drug-likeness (QED) is 0.564. The van der Waals surface area contributed by atoms with Crippen LogP contribution in [0.5, 0.6) is 0 Å². The number of rotatable bonds is 7. The molecule has 8 nitrogen and oxygen atoms in total. The maximum absolute atomic E-state index is 12.7. The Bertz CT molecular complexity index is 1060. The number of H-pyrrole nitrogens is 1. The molecule has 0 saturated carbocycles. The fourth-order valence-electron chi connectivity index (χ4n) is 4.66. The molecule has 2 amide bonds. The minimum Gasteiger partial charge on any atom is -0.341 e. The Morgan fingerprint density at radius 3 is 2.63 bits per heavy atom. The first kappa shape index (κ1) is 25.7. The van der Waals surface area contributed by atoms with Gasteiger partial charge in [0.25, 0.3) is 0 Å². The molecule has 2 aliphatic rings. The Morgan fingerprint density at radius 2 is 1.91 bits per heavy atom. The van der Waals surface area contributed by atoms with Gasteiger partial charge < -0.3 is 14.7 Å². The maximum atomic E-state index is 12.7. The van der Waals surface area contributed by atoms with Gasteiger partial charge in [0.1, 0.15) is 5.82 Å². The molecule has 2 aliphatic heterocycles. The Labute approximate surface area is 216 Å². The summed E-state index contributed by atoms with van der Waals surface area (Å²) >= 11 is 12.0. The number of benzene rings is 1. The van der Waals surface area contributed by atoms with E-state index in [1.165, 1.54) is 6.08 Å². The third-order valence-corrected chi connectivity index (χ3v) is 7.47. The number of piperidine rings is 1. The number of aromatic nitrogens is 3. The number of aryl methyl sites for hydroxylation is 1. The zero-order chi connectivity index (χ0) is 24.8. The molecule has 35 heavy (non-hydrogen) atoms. The van der Waals surface area contributed by atoms with Gasteiger partial charge in [-0.25, -0.2) is 4.98 Å². The fourth-order valence-corrected chi connectivity index (χ4v) is 4.96. The van der Waals surface area contributed by atoms with Crippen LogP contribution in [0.25, 0.3) is 6.08 Å². The Balaban J connectivity index is 1.19. The van der Waals surface area contributed by atoms with Gasteiger partial charge in [-0.15, -0.1) is 0 Å². The van der Waals surface area contributed by atoms with Gasteiger partial charge in [0.2, 0.25) is 11.8 Å². The van der Waals surface area contributed by atoms with Crippen LogP contribution in [0.2, 0.25) is 10.0 Å². The standard InChI is InChI=1S/C25H32Cl2N6O2/c1-18-28-25(30-29-18)20-7-12-31(13-8-20)10-2-11-32-15-16-33(14-9-24(32)35)23(34)6-4-19-3-5-21(26)22(27)17-19/h3-6,17,20H,2,7-16H2,1H3,(H,28,29,30)/b6-4+. The number of likely N-dealkylation sites (tertiary alicyclic amines) is 1. The molecular formula is C25H32Cl2N6O2. The predicted octanol–water partition coefficient (Wildman–Crippen LogP) is 3.76. The van der Waals surface area contributed by atoms with E-state index < -0.39 is 0 Å². The summed E-state index contributed by atoms with van der Waals surface area (Å²) in [5.74, 6) is 2.25. The van der Waals surface area contributed by atoms with Crippen molar-refractivity contribution in [2.45, 2.75) is 38.5 Å². The summed E-state index contributed by atoms with van der Waals surface area (Å²) in [6, 6.07) is 5.23. The highest BCUT2D eigenvalue weighted by molar-refractivity contribution is 6.42. The average Bonchev–Trinajstić information content (AvgIpc) is 3.20. The monoisotopic (exact) mass is 518 g/mol. The van der Waals surface area contributed by atoms with Crippen molar-refractivity contribution in [1.82, 2.24) is 29.9 Å². The van der Waals surface area contributed by atoms with Crippen molar-refractivity contribution in [3.8, 4) is 0 Å². The second-order valence-electron chi connectivity index (χ2n) is 9.21. The molecule has 0 atom stereocenters. The predicted molar refractivity (Wildman–Crippen MR) is 137 cm³/mol. The lowest BCUT2D eigenvalue weighted by molar-refractivity contribution is -0.130. The van der Waals surface area contributed by atoms with Gasteiger partial charge in [0.15, 0.2) is 5.82 Å². The fraction of sp³-hybridized carbons (Fsp3) is 0.520. The molecule has 0 radical (unpaired) electrons. The number of hydrogen-bond donors (Lipinski definition) is 1. The highest BCUT2D eigenvalue weighted by Gasteiger charge is 2.25. The molecule has 188 valence electrons. The summed E-state index contributed by atoms with van der Waals surface area (Å²) in [6.45, 7) is 7.22. The molecule has 0 unspecified atom stereocenters. The molecule has 4 rings (SSSR count). The molecular weight excluding hydrogens is 487 g/mol. The van der Waals surface area contributed by atoms with Gasteiger partial charge >= 0.3 is 0 Å². The van der Waals surface area contributed by atoms with Crippen molar-refractivity contribution in [1.29, 1.82) is 0 Å². The summed E-state index contributed by atoms with van der Waals surface area (Å²) in [7, 11) is 0. The van der Waals surface area contributed by atoms with Crippen LogP contribution in [0.15, 0.2) is 24.3 Å². The van der Waals surface area contributed by atoms with Crippen molar-refractivity contribution in [2.24, 2.45) is 0 Å². The van der Waals surface area contributed by atoms with Crippen molar-refractivity contribution in [2.75, 3.05) is 45.8 Å². The molecule has 2 fully saturated rings. The zero-order valence-corrected chi connectivity index (χ0v) is 21.6.